The monoisotopic (exact) mass is 455 g/mol. The van der Waals surface area contributed by atoms with Crippen molar-refractivity contribution in [2.24, 2.45) is 14.1 Å². The number of hydrogen-bond acceptors (Lipinski definition) is 6. The van der Waals surface area contributed by atoms with Gasteiger partial charge in [-0.05, 0) is 49.9 Å². The highest BCUT2D eigenvalue weighted by Gasteiger charge is 2.25. The number of aliphatic hydroxyl groups excluding tert-OH is 1. The second-order valence-corrected chi connectivity index (χ2v) is 9.01. The van der Waals surface area contributed by atoms with E-state index in [2.05, 4.69) is 4.90 Å². The van der Waals surface area contributed by atoms with Crippen molar-refractivity contribution in [3.63, 3.8) is 0 Å². The van der Waals surface area contributed by atoms with Crippen LogP contribution < -0.4 is 20.9 Å². The minimum absolute atomic E-state index is 0.0771. The molecule has 1 saturated heterocycles. The average molecular weight is 456 g/mol. The van der Waals surface area contributed by atoms with E-state index >= 15 is 0 Å². The number of ether oxygens (including phenoxy) is 1. The van der Waals surface area contributed by atoms with Crippen molar-refractivity contribution in [1.29, 1.82) is 0 Å². The van der Waals surface area contributed by atoms with Crippen LogP contribution in [0.4, 0.5) is 5.95 Å². The van der Waals surface area contributed by atoms with Crippen molar-refractivity contribution in [2.75, 3.05) is 24.6 Å². The molecule has 1 aromatic carbocycles. The summed E-state index contributed by atoms with van der Waals surface area (Å²) >= 11 is 0. The van der Waals surface area contributed by atoms with E-state index in [-0.39, 0.29) is 13.2 Å². The Bertz CT molecular complexity index is 1260. The van der Waals surface area contributed by atoms with Gasteiger partial charge in [-0.2, -0.15) is 4.98 Å². The van der Waals surface area contributed by atoms with E-state index in [4.69, 9.17) is 9.72 Å². The summed E-state index contributed by atoms with van der Waals surface area (Å²) in [6.45, 7) is 5.92. The van der Waals surface area contributed by atoms with Crippen LogP contribution in [0.5, 0.6) is 5.75 Å². The summed E-state index contributed by atoms with van der Waals surface area (Å²) in [6, 6.07) is 5.82. The average Bonchev–Trinajstić information content (AvgIpc) is 2.97. The van der Waals surface area contributed by atoms with Gasteiger partial charge in [-0.15, -0.1) is 0 Å². The third-order valence-electron chi connectivity index (χ3n) is 6.53. The Balaban J connectivity index is 1.69. The van der Waals surface area contributed by atoms with Crippen LogP contribution in [0.1, 0.15) is 36.8 Å². The summed E-state index contributed by atoms with van der Waals surface area (Å²) in [5.74, 6) is 1.31. The molecular formula is C24H33N5O4. The zero-order valence-corrected chi connectivity index (χ0v) is 19.9. The smallest absolute Gasteiger partial charge is 0.332 e. The maximum absolute atomic E-state index is 13.1. The molecule has 2 aromatic heterocycles. The fraction of sp³-hybridized carbons (Fsp3) is 0.542. The second kappa shape index (κ2) is 9.43. The Hall–Kier alpha value is -3.07. The van der Waals surface area contributed by atoms with Crippen LogP contribution in [0.2, 0.25) is 0 Å². The number of hydrogen-bond donors (Lipinski definition) is 1. The van der Waals surface area contributed by atoms with Crippen molar-refractivity contribution in [2.45, 2.75) is 52.2 Å². The first-order chi connectivity index (χ1) is 15.8. The van der Waals surface area contributed by atoms with Gasteiger partial charge in [-0.1, -0.05) is 18.9 Å². The minimum atomic E-state index is -0.864. The third kappa shape index (κ3) is 4.55. The highest BCUT2D eigenvalue weighted by atomic mass is 16.5. The van der Waals surface area contributed by atoms with Gasteiger partial charge in [-0.3, -0.25) is 13.9 Å². The fourth-order valence-electron chi connectivity index (χ4n) is 4.38. The molecule has 1 aliphatic rings. The topological polar surface area (TPSA) is 94.5 Å². The molecule has 178 valence electrons. The van der Waals surface area contributed by atoms with Crippen LogP contribution in [0, 0.1) is 13.8 Å². The number of anilines is 1. The zero-order valence-electron chi connectivity index (χ0n) is 19.9. The number of aryl methyl sites for hydroxylation is 3. The lowest BCUT2D eigenvalue weighted by atomic mass is 10.1. The van der Waals surface area contributed by atoms with Gasteiger partial charge in [0, 0.05) is 27.2 Å². The first-order valence-electron chi connectivity index (χ1n) is 11.6. The molecule has 0 amide bonds. The Morgan fingerprint density at radius 2 is 1.73 bits per heavy atom. The van der Waals surface area contributed by atoms with Gasteiger partial charge >= 0.3 is 5.69 Å². The highest BCUT2D eigenvalue weighted by molar-refractivity contribution is 5.74. The summed E-state index contributed by atoms with van der Waals surface area (Å²) in [4.78, 5) is 32.4. The number of fused-ring (bicyclic) bond motifs is 1. The summed E-state index contributed by atoms with van der Waals surface area (Å²) in [5.41, 5.74) is 2.13. The van der Waals surface area contributed by atoms with Gasteiger partial charge in [0.1, 0.15) is 18.5 Å². The van der Waals surface area contributed by atoms with Gasteiger partial charge in [0.15, 0.2) is 11.2 Å². The minimum Gasteiger partial charge on any atom is -0.491 e. The molecule has 9 nitrogen and oxygen atoms in total. The standard InChI is InChI=1S/C24H33N5O4/c1-16-9-10-19(13-17(16)2)33-15-18(30)14-29-20-21(26(3)24(32)27(4)22(20)31)25-23(29)28-11-7-5-6-8-12-28/h9-10,13,18,30H,5-8,11-12,14-15H2,1-4H3/t18-/m0/s1. The molecule has 0 unspecified atom stereocenters. The molecule has 0 radical (unpaired) electrons. The quantitative estimate of drug-likeness (QED) is 0.610. The Morgan fingerprint density at radius 1 is 1.03 bits per heavy atom. The lowest BCUT2D eigenvalue weighted by molar-refractivity contribution is 0.0936. The number of benzene rings is 1. The molecule has 9 heteroatoms. The predicted molar refractivity (Wildman–Crippen MR) is 128 cm³/mol. The van der Waals surface area contributed by atoms with Crippen molar-refractivity contribution in [3.05, 3.63) is 50.2 Å². The molecule has 0 spiro atoms. The summed E-state index contributed by atoms with van der Waals surface area (Å²) < 4.78 is 10.1. The maximum Gasteiger partial charge on any atom is 0.332 e. The van der Waals surface area contributed by atoms with Gasteiger partial charge in [0.25, 0.3) is 5.56 Å². The van der Waals surface area contributed by atoms with E-state index in [1.54, 1.807) is 11.6 Å². The van der Waals surface area contributed by atoms with Crippen LogP contribution in [0.25, 0.3) is 11.2 Å². The van der Waals surface area contributed by atoms with Gasteiger partial charge < -0.3 is 19.3 Å². The highest BCUT2D eigenvalue weighted by Crippen LogP contribution is 2.24. The van der Waals surface area contributed by atoms with Crippen LogP contribution in [0.15, 0.2) is 27.8 Å². The van der Waals surface area contributed by atoms with Crippen LogP contribution >= 0.6 is 0 Å². The second-order valence-electron chi connectivity index (χ2n) is 9.01. The van der Waals surface area contributed by atoms with E-state index in [1.807, 2.05) is 32.0 Å². The normalized spacial score (nSPS) is 15.6. The molecule has 1 fully saturated rings. The molecule has 4 rings (SSSR count). The molecule has 33 heavy (non-hydrogen) atoms. The Morgan fingerprint density at radius 3 is 2.39 bits per heavy atom. The molecule has 0 bridgehead atoms. The summed E-state index contributed by atoms with van der Waals surface area (Å²) in [7, 11) is 3.08. The lowest BCUT2D eigenvalue weighted by Gasteiger charge is -2.23. The van der Waals surface area contributed by atoms with Crippen molar-refractivity contribution in [1.82, 2.24) is 18.7 Å². The van der Waals surface area contributed by atoms with E-state index in [9.17, 15) is 14.7 Å². The molecule has 3 heterocycles. The first kappa shape index (κ1) is 23.1. The molecule has 1 aliphatic heterocycles. The van der Waals surface area contributed by atoms with Crippen molar-refractivity contribution < 1.29 is 9.84 Å². The van der Waals surface area contributed by atoms with E-state index in [1.165, 1.54) is 17.2 Å². The molecule has 0 saturated carbocycles. The van der Waals surface area contributed by atoms with E-state index < -0.39 is 17.4 Å². The van der Waals surface area contributed by atoms with E-state index in [0.29, 0.717) is 22.9 Å². The number of nitrogens with zero attached hydrogens (tertiary/aromatic N) is 5. The first-order valence-corrected chi connectivity index (χ1v) is 11.6. The maximum atomic E-state index is 13.1. The predicted octanol–water partition coefficient (Wildman–Crippen LogP) is 1.87. The molecule has 0 aliphatic carbocycles. The zero-order chi connectivity index (χ0) is 23.7. The van der Waals surface area contributed by atoms with Crippen molar-refractivity contribution >= 4 is 17.1 Å². The Labute approximate surface area is 192 Å². The van der Waals surface area contributed by atoms with Crippen LogP contribution in [-0.4, -0.2) is 49.6 Å². The Kier molecular flexibility index (Phi) is 6.60. The number of aromatic nitrogens is 4. The SMILES string of the molecule is Cc1ccc(OC[C@@H](O)Cn2c(N3CCCCCC3)nc3c2c(=O)n(C)c(=O)n3C)cc1C. The lowest BCUT2D eigenvalue weighted by Crippen LogP contribution is -2.38. The summed E-state index contributed by atoms with van der Waals surface area (Å²) in [5, 5.41) is 10.9. The third-order valence-corrected chi connectivity index (χ3v) is 6.53. The molecule has 1 atom stereocenters. The molecule has 3 aromatic rings. The van der Waals surface area contributed by atoms with Crippen LogP contribution in [0.3, 0.4) is 0 Å². The van der Waals surface area contributed by atoms with Crippen LogP contribution in [-0.2, 0) is 20.6 Å². The number of imidazole rings is 1. The fourth-order valence-corrected chi connectivity index (χ4v) is 4.38. The van der Waals surface area contributed by atoms with Gasteiger partial charge in [0.05, 0.1) is 6.54 Å². The molecular weight excluding hydrogens is 422 g/mol. The largest absolute Gasteiger partial charge is 0.491 e. The van der Waals surface area contributed by atoms with E-state index in [0.717, 1.165) is 48.9 Å². The van der Waals surface area contributed by atoms with Crippen molar-refractivity contribution in [3.8, 4) is 5.75 Å². The number of aliphatic hydroxyl groups is 1. The summed E-state index contributed by atoms with van der Waals surface area (Å²) in [6.07, 6.45) is 3.53. The van der Waals surface area contributed by atoms with Gasteiger partial charge in [0.2, 0.25) is 5.95 Å². The van der Waals surface area contributed by atoms with Gasteiger partial charge in [-0.25, -0.2) is 4.79 Å². The number of rotatable bonds is 6. The molecule has 1 N–H and O–H groups in total.